The van der Waals surface area contributed by atoms with Crippen LogP contribution in [0.1, 0.15) is 26.7 Å². The van der Waals surface area contributed by atoms with E-state index in [1.165, 1.54) is 0 Å². The first-order valence-corrected chi connectivity index (χ1v) is 9.24. The third-order valence-corrected chi connectivity index (χ3v) is 5.09. The van der Waals surface area contributed by atoms with Crippen molar-refractivity contribution in [3.05, 3.63) is 0 Å². The number of hydrogen-bond donors (Lipinski definition) is 0. The van der Waals surface area contributed by atoms with Gasteiger partial charge in [-0.05, 0) is 12.8 Å². The fourth-order valence-corrected chi connectivity index (χ4v) is 3.48. The number of hydrogen-bond acceptors (Lipinski definition) is 2. The molecule has 0 aromatic carbocycles. The lowest BCUT2D eigenvalue weighted by Gasteiger charge is -2.23. The van der Waals surface area contributed by atoms with Crippen molar-refractivity contribution >= 4 is 45.5 Å². The van der Waals surface area contributed by atoms with E-state index in [0.717, 1.165) is 6.29 Å². The lowest BCUT2D eigenvalue weighted by molar-refractivity contribution is -0.119. The van der Waals surface area contributed by atoms with Gasteiger partial charge in [0.1, 0.15) is 12.4 Å². The van der Waals surface area contributed by atoms with Crippen molar-refractivity contribution in [2.45, 2.75) is 38.5 Å². The second-order valence-electron chi connectivity index (χ2n) is 2.66. The Labute approximate surface area is 93.6 Å². The molecule has 0 aliphatic carbocycles. The van der Waals surface area contributed by atoms with Crippen LogP contribution in [0.2, 0.25) is 0 Å². The van der Waals surface area contributed by atoms with E-state index < -0.39 is 17.8 Å². The maximum absolute atomic E-state index is 10.5. The minimum absolute atomic E-state index is 0.396. The summed E-state index contributed by atoms with van der Waals surface area (Å²) < 4.78 is 5.36. The van der Waals surface area contributed by atoms with E-state index in [0.29, 0.717) is 12.8 Å². The molecule has 2 unspecified atom stereocenters. The Kier molecular flexibility index (Phi) is 6.59. The van der Waals surface area contributed by atoms with Crippen molar-refractivity contribution in [2.75, 3.05) is 0 Å². The van der Waals surface area contributed by atoms with Crippen LogP contribution in [0.4, 0.5) is 0 Å². The van der Waals surface area contributed by atoms with E-state index in [2.05, 4.69) is 0 Å². The second-order valence-corrected chi connectivity index (χ2v) is 11.5. The Morgan fingerprint density at radius 3 is 2.08 bits per heavy atom. The van der Waals surface area contributed by atoms with E-state index in [1.54, 1.807) is 0 Å². The van der Waals surface area contributed by atoms with Gasteiger partial charge < -0.3 is 9.53 Å². The smallest absolute Gasteiger partial charge is 0.367 e. The Bertz CT molecular complexity index is 160. The molecule has 6 heteroatoms. The van der Waals surface area contributed by atoms with Crippen LogP contribution < -0.4 is 0 Å². The summed E-state index contributed by atoms with van der Waals surface area (Å²) in [4.78, 5) is 10.5. The Morgan fingerprint density at radius 1 is 1.31 bits per heavy atom. The molecule has 0 amide bonds. The Morgan fingerprint density at radius 2 is 1.85 bits per heavy atom. The minimum Gasteiger partial charge on any atom is -0.367 e. The van der Waals surface area contributed by atoms with Gasteiger partial charge in [-0.1, -0.05) is 13.8 Å². The molecule has 0 fully saturated rings. The molecular formula is C7H13Cl3O2Si. The lowest BCUT2D eigenvalue weighted by atomic mass is 10.3. The SMILES string of the molecule is CCC(C=O)OC(CC)[Si](Cl)(Cl)Cl. The molecule has 0 spiro atoms. The van der Waals surface area contributed by atoms with Gasteiger partial charge in [-0.3, -0.25) is 0 Å². The average molecular weight is 264 g/mol. The van der Waals surface area contributed by atoms with E-state index in [1.807, 2.05) is 13.8 Å². The third kappa shape index (κ3) is 5.23. The first-order valence-electron chi connectivity index (χ1n) is 4.13. The molecule has 0 saturated heterocycles. The molecule has 0 aliphatic heterocycles. The average Bonchev–Trinajstić information content (AvgIpc) is 2.04. The zero-order chi connectivity index (χ0) is 10.5. The van der Waals surface area contributed by atoms with Gasteiger partial charge >= 0.3 is 6.00 Å². The molecule has 2 atom stereocenters. The molecule has 78 valence electrons. The van der Waals surface area contributed by atoms with Crippen molar-refractivity contribution in [3.8, 4) is 0 Å². The first kappa shape index (κ1) is 13.7. The zero-order valence-corrected chi connectivity index (χ0v) is 10.9. The van der Waals surface area contributed by atoms with Gasteiger partial charge in [-0.15, -0.1) is 33.2 Å². The molecule has 0 aromatic rings. The summed E-state index contributed by atoms with van der Waals surface area (Å²) in [5, 5.41) is 0. The number of halogens is 3. The summed E-state index contributed by atoms with van der Waals surface area (Å²) in [6.07, 6.45) is 1.52. The molecule has 0 N–H and O–H groups in total. The topological polar surface area (TPSA) is 26.3 Å². The van der Waals surface area contributed by atoms with E-state index in [9.17, 15) is 4.79 Å². The number of rotatable bonds is 6. The predicted octanol–water partition coefficient (Wildman–Crippen LogP) is 2.95. The van der Waals surface area contributed by atoms with Crippen molar-refractivity contribution in [3.63, 3.8) is 0 Å². The quantitative estimate of drug-likeness (QED) is 0.418. The van der Waals surface area contributed by atoms with Crippen LogP contribution in [-0.4, -0.2) is 24.1 Å². The highest BCUT2D eigenvalue weighted by molar-refractivity contribution is 7.65. The van der Waals surface area contributed by atoms with Crippen LogP contribution >= 0.6 is 33.2 Å². The van der Waals surface area contributed by atoms with E-state index in [-0.39, 0.29) is 0 Å². The lowest BCUT2D eigenvalue weighted by Crippen LogP contribution is -2.37. The summed E-state index contributed by atoms with van der Waals surface area (Å²) in [7, 11) is 0. The highest BCUT2D eigenvalue weighted by atomic mass is 35.8. The molecule has 2 nitrogen and oxygen atoms in total. The number of aldehydes is 1. The molecule has 0 aliphatic rings. The standard InChI is InChI=1S/C7H13Cl3O2Si/c1-3-6(5-11)12-7(4-2)13(8,9)10/h5-7H,3-4H2,1-2H3. The summed E-state index contributed by atoms with van der Waals surface area (Å²) in [6.45, 7) is 3.72. The van der Waals surface area contributed by atoms with Crippen LogP contribution in [0.3, 0.4) is 0 Å². The molecule has 13 heavy (non-hydrogen) atoms. The van der Waals surface area contributed by atoms with Gasteiger partial charge in [0, 0.05) is 0 Å². The molecular weight excluding hydrogens is 251 g/mol. The van der Waals surface area contributed by atoms with Crippen LogP contribution in [0, 0.1) is 0 Å². The van der Waals surface area contributed by atoms with E-state index >= 15 is 0 Å². The van der Waals surface area contributed by atoms with Crippen molar-refractivity contribution in [2.24, 2.45) is 0 Å². The maximum atomic E-state index is 10.5. The normalized spacial score (nSPS) is 16.7. The highest BCUT2D eigenvalue weighted by Gasteiger charge is 2.37. The summed E-state index contributed by atoms with van der Waals surface area (Å²) in [6, 6.07) is -2.85. The van der Waals surface area contributed by atoms with Gasteiger partial charge in [-0.2, -0.15) is 0 Å². The fraction of sp³-hybridized carbons (Fsp3) is 0.857. The largest absolute Gasteiger partial charge is 0.369 e. The first-order chi connectivity index (χ1) is 5.95. The highest BCUT2D eigenvalue weighted by Crippen LogP contribution is 2.29. The van der Waals surface area contributed by atoms with Crippen molar-refractivity contribution in [1.82, 2.24) is 0 Å². The van der Waals surface area contributed by atoms with Crippen LogP contribution in [-0.2, 0) is 9.53 Å². The van der Waals surface area contributed by atoms with Crippen molar-refractivity contribution in [1.29, 1.82) is 0 Å². The zero-order valence-electron chi connectivity index (χ0n) is 7.60. The predicted molar refractivity (Wildman–Crippen MR) is 58.6 cm³/mol. The van der Waals surface area contributed by atoms with Crippen molar-refractivity contribution < 1.29 is 9.53 Å². The summed E-state index contributed by atoms with van der Waals surface area (Å²) in [5.74, 6) is 0. The summed E-state index contributed by atoms with van der Waals surface area (Å²) >= 11 is 17.4. The molecule has 0 radical (unpaired) electrons. The molecule has 0 bridgehead atoms. The molecule has 0 saturated carbocycles. The van der Waals surface area contributed by atoms with Crippen LogP contribution in [0.25, 0.3) is 0 Å². The van der Waals surface area contributed by atoms with Gasteiger partial charge in [-0.25, -0.2) is 0 Å². The molecule has 0 heterocycles. The monoisotopic (exact) mass is 262 g/mol. The van der Waals surface area contributed by atoms with E-state index in [4.69, 9.17) is 38.0 Å². The maximum Gasteiger partial charge on any atom is 0.369 e. The third-order valence-electron chi connectivity index (χ3n) is 1.63. The summed E-state index contributed by atoms with van der Waals surface area (Å²) in [5.41, 5.74) is -0.396. The number of carbonyl (C=O) groups is 1. The van der Waals surface area contributed by atoms with Crippen LogP contribution in [0.15, 0.2) is 0 Å². The van der Waals surface area contributed by atoms with Gasteiger partial charge in [0.25, 0.3) is 0 Å². The number of carbonyl (C=O) groups excluding carboxylic acids is 1. The fourth-order valence-electron chi connectivity index (χ4n) is 0.840. The second kappa shape index (κ2) is 6.25. The number of ether oxygens (including phenoxy) is 1. The molecule has 0 rings (SSSR count). The van der Waals surface area contributed by atoms with Gasteiger partial charge in [0.2, 0.25) is 0 Å². The molecule has 0 aromatic heterocycles. The van der Waals surface area contributed by atoms with Crippen LogP contribution in [0.5, 0.6) is 0 Å². The van der Waals surface area contributed by atoms with Gasteiger partial charge in [0.05, 0.1) is 5.73 Å². The van der Waals surface area contributed by atoms with Gasteiger partial charge in [0.15, 0.2) is 0 Å². The minimum atomic E-state index is -2.85. The Hall–Kier alpha value is 0.717. The Balaban J connectivity index is 4.19.